The van der Waals surface area contributed by atoms with Crippen LogP contribution in [-0.4, -0.2) is 20.2 Å². The van der Waals surface area contributed by atoms with Gasteiger partial charge in [0.2, 0.25) is 0 Å². The Hall–Kier alpha value is -1.03. The van der Waals surface area contributed by atoms with Crippen LogP contribution in [0, 0.1) is 5.92 Å². The third-order valence-electron chi connectivity index (χ3n) is 3.41. The van der Waals surface area contributed by atoms with Gasteiger partial charge in [-0.25, -0.2) is 8.42 Å². The fourth-order valence-electron chi connectivity index (χ4n) is 2.20. The lowest BCUT2D eigenvalue weighted by Gasteiger charge is -2.17. The Labute approximate surface area is 110 Å². The number of rotatable bonds is 6. The van der Waals surface area contributed by atoms with E-state index in [1.54, 1.807) is 12.1 Å². The topological polar surface area (TPSA) is 46.2 Å². The molecule has 1 aromatic rings. The van der Waals surface area contributed by atoms with Crippen molar-refractivity contribution in [2.75, 3.05) is 11.1 Å². The maximum absolute atomic E-state index is 12.2. The fraction of sp³-hybridized carbons (Fsp3) is 0.571. The first kappa shape index (κ1) is 13.4. The van der Waals surface area contributed by atoms with E-state index in [0.717, 1.165) is 5.69 Å². The number of hydrogen-bond donors (Lipinski definition) is 1. The molecule has 1 fully saturated rings. The third-order valence-corrected chi connectivity index (χ3v) is 5.38. The van der Waals surface area contributed by atoms with Gasteiger partial charge in [0.15, 0.2) is 9.84 Å². The highest BCUT2D eigenvalue weighted by Gasteiger charge is 2.29. The summed E-state index contributed by atoms with van der Waals surface area (Å²) < 4.78 is 24.4. The molecule has 0 aliphatic heterocycles. The van der Waals surface area contributed by atoms with Gasteiger partial charge in [-0.2, -0.15) is 0 Å². The minimum absolute atomic E-state index is 0.212. The highest BCUT2D eigenvalue weighted by atomic mass is 32.2. The van der Waals surface area contributed by atoms with Crippen LogP contribution in [0.3, 0.4) is 0 Å². The van der Waals surface area contributed by atoms with Gasteiger partial charge in [-0.05, 0) is 44.2 Å². The fourth-order valence-corrected chi connectivity index (χ4v) is 3.70. The highest BCUT2D eigenvalue weighted by Crippen LogP contribution is 2.35. The van der Waals surface area contributed by atoms with E-state index >= 15 is 0 Å². The van der Waals surface area contributed by atoms with E-state index in [1.165, 1.54) is 12.8 Å². The molecule has 3 nitrogen and oxygen atoms in total. The van der Waals surface area contributed by atoms with Crippen LogP contribution in [0.4, 0.5) is 5.69 Å². The summed E-state index contributed by atoms with van der Waals surface area (Å²) in [5.74, 6) is 0.913. The summed E-state index contributed by atoms with van der Waals surface area (Å²) in [6.45, 7) is 4.02. The first-order valence-corrected chi connectivity index (χ1v) is 8.28. The van der Waals surface area contributed by atoms with Gasteiger partial charge in [-0.15, -0.1) is 0 Å². The average Bonchev–Trinajstić information content (AvgIpc) is 3.13. The molecule has 0 spiro atoms. The number of hydrogen-bond acceptors (Lipinski definition) is 3. The van der Waals surface area contributed by atoms with Gasteiger partial charge in [0.1, 0.15) is 0 Å². The zero-order chi connectivity index (χ0) is 13.2. The summed E-state index contributed by atoms with van der Waals surface area (Å²) in [7, 11) is -3.15. The molecular weight excluding hydrogens is 246 g/mol. The smallest absolute Gasteiger partial charge is 0.180 e. The van der Waals surface area contributed by atoms with Crippen molar-refractivity contribution in [3.63, 3.8) is 0 Å². The monoisotopic (exact) mass is 267 g/mol. The highest BCUT2D eigenvalue weighted by molar-refractivity contribution is 7.91. The van der Waals surface area contributed by atoms with Crippen molar-refractivity contribution >= 4 is 15.5 Å². The summed E-state index contributed by atoms with van der Waals surface area (Å²) >= 11 is 0. The van der Waals surface area contributed by atoms with E-state index in [-0.39, 0.29) is 5.75 Å². The van der Waals surface area contributed by atoms with Crippen molar-refractivity contribution in [2.45, 2.75) is 44.0 Å². The van der Waals surface area contributed by atoms with E-state index in [1.807, 2.05) is 19.1 Å². The lowest BCUT2D eigenvalue weighted by Crippen LogP contribution is -2.19. The molecule has 0 aromatic heterocycles. The zero-order valence-corrected chi connectivity index (χ0v) is 11.8. The van der Waals surface area contributed by atoms with Crippen LogP contribution in [0.1, 0.15) is 33.1 Å². The van der Waals surface area contributed by atoms with Crippen LogP contribution >= 0.6 is 0 Å². The quantitative estimate of drug-likeness (QED) is 0.861. The second kappa shape index (κ2) is 5.31. The molecule has 1 atom stereocenters. The first-order valence-electron chi connectivity index (χ1n) is 6.63. The van der Waals surface area contributed by atoms with Crippen LogP contribution in [-0.2, 0) is 9.84 Å². The first-order chi connectivity index (χ1) is 8.54. The lowest BCUT2D eigenvalue weighted by atomic mass is 10.2. The van der Waals surface area contributed by atoms with Gasteiger partial charge in [-0.1, -0.05) is 19.1 Å². The lowest BCUT2D eigenvalue weighted by molar-refractivity contribution is 0.594. The van der Waals surface area contributed by atoms with E-state index in [9.17, 15) is 8.42 Å². The molecule has 2 rings (SSSR count). The van der Waals surface area contributed by atoms with Gasteiger partial charge in [0.05, 0.1) is 16.3 Å². The third kappa shape index (κ3) is 3.05. The van der Waals surface area contributed by atoms with Crippen molar-refractivity contribution in [1.29, 1.82) is 0 Å². The molecule has 18 heavy (non-hydrogen) atoms. The molecule has 100 valence electrons. The summed E-state index contributed by atoms with van der Waals surface area (Å²) in [4.78, 5) is 0.444. The van der Waals surface area contributed by atoms with Crippen LogP contribution in [0.5, 0.6) is 0 Å². The molecule has 0 saturated heterocycles. The number of para-hydroxylation sites is 1. The van der Waals surface area contributed by atoms with E-state index in [4.69, 9.17) is 0 Å². The molecule has 0 heterocycles. The van der Waals surface area contributed by atoms with Crippen molar-refractivity contribution in [3.05, 3.63) is 24.3 Å². The van der Waals surface area contributed by atoms with Crippen LogP contribution in [0.15, 0.2) is 29.2 Å². The van der Waals surface area contributed by atoms with Gasteiger partial charge in [0.25, 0.3) is 0 Å². The van der Waals surface area contributed by atoms with Gasteiger partial charge in [0, 0.05) is 6.04 Å². The second-order valence-corrected chi connectivity index (χ2v) is 7.16. The Morgan fingerprint density at radius 3 is 2.61 bits per heavy atom. The molecule has 4 heteroatoms. The molecule has 0 radical (unpaired) electrons. The molecule has 1 saturated carbocycles. The van der Waals surface area contributed by atoms with Crippen LogP contribution < -0.4 is 5.32 Å². The van der Waals surface area contributed by atoms with Crippen LogP contribution in [0.25, 0.3) is 0 Å². The normalized spacial score (nSPS) is 17.4. The maximum atomic E-state index is 12.2. The SMILES string of the molecule is CCCS(=O)(=O)c1ccccc1NC(C)C1CC1. The van der Waals surface area contributed by atoms with E-state index in [2.05, 4.69) is 12.2 Å². The Kier molecular flexibility index (Phi) is 3.95. The predicted octanol–water partition coefficient (Wildman–Crippen LogP) is 3.08. The Bertz CT molecular complexity index is 506. The summed E-state index contributed by atoms with van der Waals surface area (Å²) in [5, 5.41) is 3.36. The largest absolute Gasteiger partial charge is 0.381 e. The minimum atomic E-state index is -3.15. The number of sulfone groups is 1. The molecule has 1 aromatic carbocycles. The molecule has 1 aliphatic carbocycles. The molecule has 1 aliphatic rings. The maximum Gasteiger partial charge on any atom is 0.180 e. The Morgan fingerprint density at radius 1 is 1.33 bits per heavy atom. The van der Waals surface area contributed by atoms with E-state index < -0.39 is 9.84 Å². The minimum Gasteiger partial charge on any atom is -0.381 e. The number of nitrogens with one attached hydrogen (secondary N) is 1. The summed E-state index contributed by atoms with van der Waals surface area (Å²) in [6.07, 6.45) is 3.14. The molecule has 0 amide bonds. The van der Waals surface area contributed by atoms with Crippen molar-refractivity contribution in [1.82, 2.24) is 0 Å². The number of anilines is 1. The van der Waals surface area contributed by atoms with Crippen molar-refractivity contribution < 1.29 is 8.42 Å². The standard InChI is InChI=1S/C14H21NO2S/c1-3-10-18(16,17)14-7-5-4-6-13(14)15-11(2)12-8-9-12/h4-7,11-12,15H,3,8-10H2,1-2H3. The summed E-state index contributed by atoms with van der Waals surface area (Å²) in [5.41, 5.74) is 0.755. The Balaban J connectivity index is 2.24. The molecule has 1 unspecified atom stereocenters. The molecule has 0 bridgehead atoms. The van der Waals surface area contributed by atoms with Gasteiger partial charge in [-0.3, -0.25) is 0 Å². The predicted molar refractivity (Wildman–Crippen MR) is 74.6 cm³/mol. The second-order valence-electron chi connectivity index (χ2n) is 5.09. The van der Waals surface area contributed by atoms with Crippen molar-refractivity contribution in [2.24, 2.45) is 5.92 Å². The van der Waals surface area contributed by atoms with E-state index in [0.29, 0.717) is 23.3 Å². The summed E-state index contributed by atoms with van der Waals surface area (Å²) in [6, 6.07) is 7.58. The zero-order valence-electron chi connectivity index (χ0n) is 11.0. The molecular formula is C14H21NO2S. The van der Waals surface area contributed by atoms with Crippen molar-refractivity contribution in [3.8, 4) is 0 Å². The van der Waals surface area contributed by atoms with Crippen LogP contribution in [0.2, 0.25) is 0 Å². The Morgan fingerprint density at radius 2 is 2.00 bits per heavy atom. The average molecular weight is 267 g/mol. The van der Waals surface area contributed by atoms with Gasteiger partial charge < -0.3 is 5.32 Å². The molecule has 1 N–H and O–H groups in total. The van der Waals surface area contributed by atoms with Gasteiger partial charge >= 0.3 is 0 Å². The number of benzene rings is 1.